The molecule has 1 N–H and O–H groups in total. The first-order chi connectivity index (χ1) is 18.4. The minimum Gasteiger partial charge on any atom is -0.384 e. The number of benzene rings is 4. The lowest BCUT2D eigenvalue weighted by Gasteiger charge is -2.21. The van der Waals surface area contributed by atoms with E-state index in [1.165, 1.54) is 12.1 Å². The quantitative estimate of drug-likeness (QED) is 0.311. The second-order valence-electron chi connectivity index (χ2n) is 9.61. The molecule has 0 aliphatic carbocycles. The molecule has 0 saturated heterocycles. The van der Waals surface area contributed by atoms with Gasteiger partial charge in [-0.25, -0.2) is 4.39 Å². The van der Waals surface area contributed by atoms with Crippen LogP contribution in [0.5, 0.6) is 0 Å². The fourth-order valence-corrected chi connectivity index (χ4v) is 4.67. The number of nitrogens with one attached hydrogen (secondary N) is 1. The van der Waals surface area contributed by atoms with Gasteiger partial charge in [0, 0.05) is 17.5 Å². The zero-order valence-electron chi connectivity index (χ0n) is 21.1. The first kappa shape index (κ1) is 24.9. The number of rotatable bonds is 6. The minimum atomic E-state index is -0.628. The van der Waals surface area contributed by atoms with Crippen LogP contribution >= 0.6 is 0 Å². The fraction of sp³-hybridized carbons (Fsp3) is 0.156. The summed E-state index contributed by atoms with van der Waals surface area (Å²) in [5.74, 6) is -0.618. The lowest BCUT2D eigenvalue weighted by molar-refractivity contribution is -0.00738. The highest BCUT2D eigenvalue weighted by Crippen LogP contribution is 2.37. The highest BCUT2D eigenvalue weighted by Gasteiger charge is 2.36. The highest BCUT2D eigenvalue weighted by molar-refractivity contribution is 6.05. The molecule has 0 saturated carbocycles. The Labute approximate surface area is 221 Å². The molecule has 0 radical (unpaired) electrons. The van der Waals surface area contributed by atoms with Gasteiger partial charge in [-0.3, -0.25) is 4.79 Å². The molecule has 2 atom stereocenters. The van der Waals surface area contributed by atoms with Gasteiger partial charge in [-0.2, -0.15) is 5.26 Å². The second-order valence-corrected chi connectivity index (χ2v) is 9.61. The minimum absolute atomic E-state index is 0.287. The smallest absolute Gasteiger partial charge is 0.251 e. The van der Waals surface area contributed by atoms with Crippen LogP contribution in [-0.4, -0.2) is 11.6 Å². The molecule has 0 bridgehead atoms. The molecule has 5 nitrogen and oxygen atoms in total. The van der Waals surface area contributed by atoms with E-state index in [0.717, 1.165) is 27.8 Å². The molecule has 1 heterocycles. The Balaban J connectivity index is 1.51. The summed E-state index contributed by atoms with van der Waals surface area (Å²) in [6.07, 6.45) is 0.521. The van der Waals surface area contributed by atoms with Gasteiger partial charge in [-0.1, -0.05) is 65.8 Å². The van der Waals surface area contributed by atoms with Crippen LogP contribution in [0.3, 0.4) is 0 Å². The van der Waals surface area contributed by atoms with Crippen molar-refractivity contribution in [3.63, 3.8) is 0 Å². The van der Waals surface area contributed by atoms with E-state index in [4.69, 9.17) is 4.84 Å². The molecule has 6 heteroatoms. The van der Waals surface area contributed by atoms with Crippen LogP contribution in [0, 0.1) is 17.1 Å². The van der Waals surface area contributed by atoms with E-state index < -0.39 is 5.60 Å². The number of nitrogens with zero attached hydrogens (tertiary/aromatic N) is 2. The molecule has 1 aliphatic heterocycles. The average molecular weight is 504 g/mol. The van der Waals surface area contributed by atoms with Crippen molar-refractivity contribution in [1.29, 1.82) is 5.26 Å². The van der Waals surface area contributed by atoms with Gasteiger partial charge in [-0.15, -0.1) is 0 Å². The number of hydrogen-bond donors (Lipinski definition) is 1. The van der Waals surface area contributed by atoms with Gasteiger partial charge in [0.2, 0.25) is 0 Å². The SMILES string of the molecule is CC(NC(=O)c1cc(C2=NOC(C)(c3ccccc3)C2)cc(-c2ccccc2C#N)c1)c1ccc(F)cc1. The largest absolute Gasteiger partial charge is 0.384 e. The summed E-state index contributed by atoms with van der Waals surface area (Å²) in [6.45, 7) is 3.84. The number of hydrogen-bond acceptors (Lipinski definition) is 4. The zero-order valence-corrected chi connectivity index (χ0v) is 21.1. The van der Waals surface area contributed by atoms with Gasteiger partial charge in [0.25, 0.3) is 5.91 Å². The van der Waals surface area contributed by atoms with Gasteiger partial charge < -0.3 is 10.2 Å². The van der Waals surface area contributed by atoms with Crippen LogP contribution in [0.4, 0.5) is 4.39 Å². The molecule has 0 spiro atoms. The third-order valence-electron chi connectivity index (χ3n) is 6.85. The number of nitriles is 1. The number of halogens is 1. The summed E-state index contributed by atoms with van der Waals surface area (Å²) < 4.78 is 13.4. The van der Waals surface area contributed by atoms with E-state index in [-0.39, 0.29) is 17.8 Å². The molecule has 38 heavy (non-hydrogen) atoms. The van der Waals surface area contributed by atoms with Crippen molar-refractivity contribution in [2.75, 3.05) is 0 Å². The molecule has 4 aromatic carbocycles. The lowest BCUT2D eigenvalue weighted by atomic mass is 9.87. The maximum atomic E-state index is 13.4. The molecule has 0 fully saturated rings. The van der Waals surface area contributed by atoms with Crippen molar-refractivity contribution in [2.45, 2.75) is 31.9 Å². The van der Waals surface area contributed by atoms with Crippen molar-refractivity contribution >= 4 is 11.6 Å². The van der Waals surface area contributed by atoms with Crippen LogP contribution in [0.25, 0.3) is 11.1 Å². The predicted molar refractivity (Wildman–Crippen MR) is 145 cm³/mol. The standard InChI is InChI=1S/C32H26FN3O2/c1-21(22-12-14-28(33)15-13-22)35-31(37)26-17-24(29-11-7-6-8-23(29)20-34)16-25(18-26)30-19-32(2,38-36-30)27-9-4-3-5-10-27/h3-18,21H,19H2,1-2H3,(H,35,37). The third-order valence-corrected chi connectivity index (χ3v) is 6.85. The molecule has 1 amide bonds. The third kappa shape index (κ3) is 5.05. The number of oxime groups is 1. The zero-order chi connectivity index (χ0) is 26.7. The normalized spacial score (nSPS) is 17.2. The van der Waals surface area contributed by atoms with E-state index in [1.54, 1.807) is 30.3 Å². The van der Waals surface area contributed by atoms with E-state index >= 15 is 0 Å². The summed E-state index contributed by atoms with van der Waals surface area (Å²) in [5.41, 5.74) is 5.02. The van der Waals surface area contributed by atoms with Crippen molar-refractivity contribution in [1.82, 2.24) is 5.32 Å². The molecular formula is C32H26FN3O2. The molecule has 188 valence electrons. The van der Waals surface area contributed by atoms with Gasteiger partial charge in [0.1, 0.15) is 5.82 Å². The van der Waals surface area contributed by atoms with Crippen molar-refractivity contribution in [3.8, 4) is 17.2 Å². The summed E-state index contributed by atoms with van der Waals surface area (Å²) in [4.78, 5) is 19.3. The monoisotopic (exact) mass is 503 g/mol. The van der Waals surface area contributed by atoms with Gasteiger partial charge in [0.05, 0.1) is 23.4 Å². The van der Waals surface area contributed by atoms with E-state index in [9.17, 15) is 14.4 Å². The van der Waals surface area contributed by atoms with Crippen LogP contribution < -0.4 is 5.32 Å². The molecule has 2 unspecified atom stereocenters. The molecule has 0 aromatic heterocycles. The first-order valence-electron chi connectivity index (χ1n) is 12.4. The topological polar surface area (TPSA) is 74.5 Å². The molecular weight excluding hydrogens is 477 g/mol. The van der Waals surface area contributed by atoms with E-state index in [0.29, 0.717) is 23.3 Å². The van der Waals surface area contributed by atoms with Crippen molar-refractivity contribution in [2.24, 2.45) is 5.16 Å². The summed E-state index contributed by atoms with van der Waals surface area (Å²) in [6, 6.07) is 30.7. The lowest BCUT2D eigenvalue weighted by Crippen LogP contribution is -2.27. The van der Waals surface area contributed by atoms with Crippen molar-refractivity contribution < 1.29 is 14.0 Å². The van der Waals surface area contributed by atoms with Crippen LogP contribution in [0.2, 0.25) is 0 Å². The number of amides is 1. The Bertz CT molecular complexity index is 1560. The summed E-state index contributed by atoms with van der Waals surface area (Å²) in [7, 11) is 0. The van der Waals surface area contributed by atoms with Crippen LogP contribution in [0.15, 0.2) is 102 Å². The summed E-state index contributed by atoms with van der Waals surface area (Å²) >= 11 is 0. The Hall–Kier alpha value is -4.76. The van der Waals surface area contributed by atoms with Gasteiger partial charge >= 0.3 is 0 Å². The Morgan fingerprint density at radius 1 is 1.00 bits per heavy atom. The van der Waals surface area contributed by atoms with Gasteiger partial charge in [0.15, 0.2) is 5.60 Å². The Morgan fingerprint density at radius 2 is 1.68 bits per heavy atom. The number of carbonyl (C=O) groups excluding carboxylic acids is 1. The van der Waals surface area contributed by atoms with Gasteiger partial charge in [-0.05, 0) is 72.5 Å². The maximum Gasteiger partial charge on any atom is 0.251 e. The fourth-order valence-electron chi connectivity index (χ4n) is 4.67. The maximum absolute atomic E-state index is 13.4. The van der Waals surface area contributed by atoms with E-state index in [1.807, 2.05) is 68.4 Å². The molecule has 5 rings (SSSR count). The predicted octanol–water partition coefficient (Wildman–Crippen LogP) is 6.90. The van der Waals surface area contributed by atoms with Crippen LogP contribution in [0.1, 0.15) is 58.9 Å². The first-order valence-corrected chi connectivity index (χ1v) is 12.4. The van der Waals surface area contributed by atoms with Crippen molar-refractivity contribution in [3.05, 3.63) is 131 Å². The molecule has 1 aliphatic rings. The second kappa shape index (κ2) is 10.3. The summed E-state index contributed by atoms with van der Waals surface area (Å²) in [5, 5.41) is 17.1. The average Bonchev–Trinajstić information content (AvgIpc) is 3.37. The van der Waals surface area contributed by atoms with Crippen LogP contribution in [-0.2, 0) is 10.4 Å². The Kier molecular flexibility index (Phi) is 6.76. The Morgan fingerprint density at radius 3 is 2.42 bits per heavy atom. The number of carbonyl (C=O) groups is 1. The molecule has 4 aromatic rings. The van der Waals surface area contributed by atoms with E-state index in [2.05, 4.69) is 16.5 Å². The highest BCUT2D eigenvalue weighted by atomic mass is 19.1.